The number of nitrogens with zero attached hydrogens (tertiary/aromatic N) is 2. The molecule has 2 aliphatic rings. The SMILES string of the molecule is O=C(NCCN1CCCC1)c1ccc2c(c1)N(Cc1ccc(F)cc1)C(=O)C[S@]2=O. The number of carbonyl (C=O) groups excluding carboxylic acids is 2. The first-order valence-corrected chi connectivity index (χ1v) is 11.4. The molecule has 8 heteroatoms. The fourth-order valence-corrected chi connectivity index (χ4v) is 5.00. The van der Waals surface area contributed by atoms with E-state index in [9.17, 15) is 18.2 Å². The van der Waals surface area contributed by atoms with E-state index in [1.165, 1.54) is 29.9 Å². The van der Waals surface area contributed by atoms with Crippen molar-refractivity contribution in [2.45, 2.75) is 24.3 Å². The zero-order chi connectivity index (χ0) is 21.1. The van der Waals surface area contributed by atoms with Crippen molar-refractivity contribution in [1.29, 1.82) is 0 Å². The standard InChI is InChI=1S/C22H24FN3O3S/c23-18-6-3-16(4-7-18)14-26-19-13-17(5-8-20(19)30(29)15-21(26)27)22(28)24-9-12-25-10-1-2-11-25/h3-8,13H,1-2,9-12,14-15H2,(H,24,28)/t30-/m1/s1. The van der Waals surface area contributed by atoms with Gasteiger partial charge in [0.15, 0.2) is 0 Å². The molecule has 0 radical (unpaired) electrons. The molecule has 2 aliphatic heterocycles. The van der Waals surface area contributed by atoms with Crippen LogP contribution in [0, 0.1) is 5.82 Å². The zero-order valence-corrected chi connectivity index (χ0v) is 17.4. The van der Waals surface area contributed by atoms with E-state index in [-0.39, 0.29) is 29.9 Å². The molecule has 0 aromatic heterocycles. The molecule has 1 saturated heterocycles. The van der Waals surface area contributed by atoms with E-state index in [0.29, 0.717) is 22.7 Å². The van der Waals surface area contributed by atoms with Crippen LogP contribution in [0.3, 0.4) is 0 Å². The van der Waals surface area contributed by atoms with E-state index in [2.05, 4.69) is 10.2 Å². The lowest BCUT2D eigenvalue weighted by molar-refractivity contribution is -0.116. The van der Waals surface area contributed by atoms with Gasteiger partial charge in [0.2, 0.25) is 5.91 Å². The van der Waals surface area contributed by atoms with E-state index in [0.717, 1.165) is 25.2 Å². The molecule has 4 rings (SSSR count). The third-order valence-corrected chi connectivity index (χ3v) is 6.82. The van der Waals surface area contributed by atoms with Crippen LogP contribution < -0.4 is 10.2 Å². The lowest BCUT2D eigenvalue weighted by atomic mass is 10.1. The number of fused-ring (bicyclic) bond motifs is 1. The minimum absolute atomic E-state index is 0.102. The Labute approximate surface area is 177 Å². The average Bonchev–Trinajstić information content (AvgIpc) is 3.25. The van der Waals surface area contributed by atoms with Crippen molar-refractivity contribution >= 4 is 28.3 Å². The highest BCUT2D eigenvalue weighted by molar-refractivity contribution is 7.86. The molecule has 158 valence electrons. The van der Waals surface area contributed by atoms with Gasteiger partial charge in [0.05, 0.1) is 27.9 Å². The summed E-state index contributed by atoms with van der Waals surface area (Å²) < 4.78 is 25.7. The molecule has 0 spiro atoms. The van der Waals surface area contributed by atoms with Gasteiger partial charge >= 0.3 is 0 Å². The van der Waals surface area contributed by atoms with Crippen LogP contribution in [0.25, 0.3) is 0 Å². The van der Waals surface area contributed by atoms with E-state index < -0.39 is 10.8 Å². The highest BCUT2D eigenvalue weighted by Crippen LogP contribution is 2.31. The lowest BCUT2D eigenvalue weighted by Crippen LogP contribution is -2.39. The molecule has 2 aromatic carbocycles. The fourth-order valence-electron chi connectivity index (χ4n) is 3.85. The van der Waals surface area contributed by atoms with Gasteiger partial charge in [0.25, 0.3) is 5.91 Å². The molecule has 30 heavy (non-hydrogen) atoms. The number of anilines is 1. The number of nitrogens with one attached hydrogen (secondary N) is 1. The van der Waals surface area contributed by atoms with Gasteiger partial charge in [0, 0.05) is 18.7 Å². The van der Waals surface area contributed by atoms with Crippen LogP contribution in [0.15, 0.2) is 47.4 Å². The maximum Gasteiger partial charge on any atom is 0.251 e. The van der Waals surface area contributed by atoms with E-state index in [4.69, 9.17) is 0 Å². The number of hydrogen-bond donors (Lipinski definition) is 1. The first kappa shape index (κ1) is 20.7. The Morgan fingerprint density at radius 3 is 2.57 bits per heavy atom. The summed E-state index contributed by atoms with van der Waals surface area (Å²) in [7, 11) is -1.45. The van der Waals surface area contributed by atoms with Crippen molar-refractivity contribution in [1.82, 2.24) is 10.2 Å². The summed E-state index contributed by atoms with van der Waals surface area (Å²) in [6.45, 7) is 3.74. The number of rotatable bonds is 6. The van der Waals surface area contributed by atoms with Crippen LogP contribution in [0.4, 0.5) is 10.1 Å². The Bertz CT molecular complexity index is 974. The Morgan fingerprint density at radius 2 is 1.83 bits per heavy atom. The summed E-state index contributed by atoms with van der Waals surface area (Å²) in [5.74, 6) is -0.951. The van der Waals surface area contributed by atoms with Crippen molar-refractivity contribution in [3.05, 3.63) is 59.4 Å². The number of halogens is 1. The molecule has 6 nitrogen and oxygen atoms in total. The fraction of sp³-hybridized carbons (Fsp3) is 0.364. The zero-order valence-electron chi connectivity index (χ0n) is 16.6. The second kappa shape index (κ2) is 9.06. The van der Waals surface area contributed by atoms with Gasteiger partial charge < -0.3 is 15.1 Å². The predicted octanol–water partition coefficient (Wildman–Crippen LogP) is 2.31. The monoisotopic (exact) mass is 429 g/mol. The Kier molecular flexibility index (Phi) is 6.24. The molecule has 1 atom stereocenters. The largest absolute Gasteiger partial charge is 0.351 e. The molecular formula is C22H24FN3O3S. The lowest BCUT2D eigenvalue weighted by Gasteiger charge is -2.29. The van der Waals surface area contributed by atoms with Crippen LogP contribution in [0.1, 0.15) is 28.8 Å². The van der Waals surface area contributed by atoms with Gasteiger partial charge in [-0.05, 0) is 61.8 Å². The van der Waals surface area contributed by atoms with Crippen molar-refractivity contribution in [3.63, 3.8) is 0 Å². The van der Waals surface area contributed by atoms with Crippen LogP contribution in [0.5, 0.6) is 0 Å². The molecule has 0 bridgehead atoms. The average molecular weight is 430 g/mol. The van der Waals surface area contributed by atoms with Crippen LogP contribution >= 0.6 is 0 Å². The highest BCUT2D eigenvalue weighted by Gasteiger charge is 2.30. The van der Waals surface area contributed by atoms with E-state index in [1.807, 2.05) is 0 Å². The Balaban J connectivity index is 1.52. The number of likely N-dealkylation sites (tertiary alicyclic amines) is 1. The molecule has 0 aliphatic carbocycles. The van der Waals surface area contributed by atoms with E-state index in [1.54, 1.807) is 30.3 Å². The minimum atomic E-state index is -1.45. The van der Waals surface area contributed by atoms with Crippen LogP contribution in [-0.2, 0) is 22.1 Å². The number of benzene rings is 2. The molecule has 2 heterocycles. The van der Waals surface area contributed by atoms with E-state index >= 15 is 0 Å². The predicted molar refractivity (Wildman–Crippen MR) is 113 cm³/mol. The topological polar surface area (TPSA) is 69.7 Å². The maximum atomic E-state index is 13.2. The summed E-state index contributed by atoms with van der Waals surface area (Å²) in [6.07, 6.45) is 2.40. The van der Waals surface area contributed by atoms with Gasteiger partial charge in [-0.25, -0.2) is 4.39 Å². The highest BCUT2D eigenvalue weighted by atomic mass is 32.2. The van der Waals surface area contributed by atoms with Gasteiger partial charge in [-0.3, -0.25) is 13.8 Å². The Hall–Kier alpha value is -2.58. The molecular weight excluding hydrogens is 405 g/mol. The number of amides is 2. The third-order valence-electron chi connectivity index (χ3n) is 5.48. The van der Waals surface area contributed by atoms with Gasteiger partial charge in [0.1, 0.15) is 11.6 Å². The van der Waals surface area contributed by atoms with Crippen LogP contribution in [-0.4, -0.2) is 52.9 Å². The van der Waals surface area contributed by atoms with Crippen molar-refractivity contribution in [3.8, 4) is 0 Å². The summed E-state index contributed by atoms with van der Waals surface area (Å²) in [5.41, 5.74) is 1.65. The molecule has 2 aromatic rings. The summed E-state index contributed by atoms with van der Waals surface area (Å²) in [5, 5.41) is 2.92. The van der Waals surface area contributed by atoms with Gasteiger partial charge in [-0.2, -0.15) is 0 Å². The van der Waals surface area contributed by atoms with Crippen LogP contribution in [0.2, 0.25) is 0 Å². The molecule has 2 amide bonds. The first-order chi connectivity index (χ1) is 14.5. The molecule has 0 unspecified atom stereocenters. The van der Waals surface area contributed by atoms with Gasteiger partial charge in [-0.15, -0.1) is 0 Å². The maximum absolute atomic E-state index is 13.2. The normalized spacial score (nSPS) is 19.0. The third kappa shape index (κ3) is 4.60. The quantitative estimate of drug-likeness (QED) is 0.765. The van der Waals surface area contributed by atoms with Crippen molar-refractivity contribution in [2.75, 3.05) is 36.8 Å². The molecule has 1 fully saturated rings. The second-order valence-electron chi connectivity index (χ2n) is 7.58. The summed E-state index contributed by atoms with van der Waals surface area (Å²) in [6, 6.07) is 10.8. The number of hydrogen-bond acceptors (Lipinski definition) is 4. The smallest absolute Gasteiger partial charge is 0.251 e. The molecule has 1 N–H and O–H groups in total. The summed E-state index contributed by atoms with van der Waals surface area (Å²) in [4.78, 5) is 29.6. The van der Waals surface area contributed by atoms with Crippen molar-refractivity contribution < 1.29 is 18.2 Å². The first-order valence-electron chi connectivity index (χ1n) is 10.1. The second-order valence-corrected chi connectivity index (χ2v) is 9.00. The van der Waals surface area contributed by atoms with Crippen molar-refractivity contribution in [2.24, 2.45) is 0 Å². The Morgan fingerprint density at radius 1 is 1.10 bits per heavy atom. The number of carbonyl (C=O) groups is 2. The molecule has 0 saturated carbocycles. The minimum Gasteiger partial charge on any atom is -0.351 e. The van der Waals surface area contributed by atoms with Gasteiger partial charge in [-0.1, -0.05) is 12.1 Å². The summed E-state index contributed by atoms with van der Waals surface area (Å²) >= 11 is 0.